The molecule has 0 unspecified atom stereocenters. The molecule has 2 aliphatic rings. The monoisotopic (exact) mass is 111 g/mol. The fourth-order valence-corrected chi connectivity index (χ4v) is 1.08. The molecular formula is C5H5NO2. The predicted octanol–water partition coefficient (Wildman–Crippen LogP) is -0.721. The second kappa shape index (κ2) is 0.940. The van der Waals surface area contributed by atoms with E-state index in [-0.39, 0.29) is 23.7 Å². The first-order valence-electron chi connectivity index (χ1n) is 2.64. The smallest absolute Gasteiger partial charge is 0.230 e. The average Bonchev–Trinajstić information content (AvgIpc) is 2.35. The van der Waals surface area contributed by atoms with Crippen LogP contribution in [-0.2, 0) is 9.59 Å². The molecule has 0 spiro atoms. The normalized spacial score (nSPS) is 41.5. The maximum absolute atomic E-state index is 10.5. The van der Waals surface area contributed by atoms with Gasteiger partial charge in [-0.25, -0.2) is 0 Å². The zero-order valence-corrected chi connectivity index (χ0v) is 4.18. The fourth-order valence-electron chi connectivity index (χ4n) is 1.08. The van der Waals surface area contributed by atoms with Crippen molar-refractivity contribution in [1.82, 2.24) is 5.32 Å². The minimum absolute atomic E-state index is 0.0579. The van der Waals surface area contributed by atoms with Gasteiger partial charge < -0.3 is 0 Å². The van der Waals surface area contributed by atoms with Crippen LogP contribution in [0.25, 0.3) is 0 Å². The van der Waals surface area contributed by atoms with Crippen LogP contribution >= 0.6 is 0 Å². The summed E-state index contributed by atoms with van der Waals surface area (Å²) in [6.45, 7) is 0. The molecule has 0 bridgehead atoms. The number of amides is 2. The van der Waals surface area contributed by atoms with E-state index in [1.807, 2.05) is 0 Å². The van der Waals surface area contributed by atoms with Crippen molar-refractivity contribution in [3.8, 4) is 0 Å². The van der Waals surface area contributed by atoms with Gasteiger partial charge in [0.15, 0.2) is 0 Å². The summed E-state index contributed by atoms with van der Waals surface area (Å²) in [5.74, 6) is -0.0231. The molecule has 0 aromatic rings. The number of hydrogen-bond donors (Lipinski definition) is 1. The highest BCUT2D eigenvalue weighted by molar-refractivity contribution is 6.08. The van der Waals surface area contributed by atoms with E-state index in [0.29, 0.717) is 0 Å². The van der Waals surface area contributed by atoms with Gasteiger partial charge in [0.05, 0.1) is 11.8 Å². The minimum atomic E-state index is -0.0694. The van der Waals surface area contributed by atoms with E-state index < -0.39 is 0 Å². The number of nitrogens with one attached hydrogen (secondary N) is 1. The summed E-state index contributed by atoms with van der Waals surface area (Å²) in [6, 6.07) is 0. The Kier molecular flexibility index (Phi) is 0.477. The first-order valence-corrected chi connectivity index (χ1v) is 2.64. The van der Waals surface area contributed by atoms with Crippen molar-refractivity contribution in [2.75, 3.05) is 0 Å². The van der Waals surface area contributed by atoms with Crippen molar-refractivity contribution in [1.29, 1.82) is 0 Å². The molecule has 3 nitrogen and oxygen atoms in total. The standard InChI is InChI=1S/C5H5NO2/c7-4-2-1-3(2)5(8)6-4/h2-3H,1H2,(H,6,7,8)/t2-,3-/m1/s1. The van der Waals surface area contributed by atoms with E-state index in [4.69, 9.17) is 0 Å². The number of fused-ring (bicyclic) bond motifs is 1. The maximum Gasteiger partial charge on any atom is 0.230 e. The van der Waals surface area contributed by atoms with E-state index in [9.17, 15) is 9.59 Å². The molecule has 0 aromatic heterocycles. The molecular weight excluding hydrogens is 106 g/mol. The number of piperidine rings is 1. The van der Waals surface area contributed by atoms with Crippen molar-refractivity contribution >= 4 is 11.8 Å². The Morgan fingerprint density at radius 3 is 1.88 bits per heavy atom. The lowest BCUT2D eigenvalue weighted by atomic mass is 10.4. The van der Waals surface area contributed by atoms with Gasteiger partial charge in [0, 0.05) is 0 Å². The molecule has 1 aliphatic carbocycles. The van der Waals surface area contributed by atoms with Crippen molar-refractivity contribution in [2.45, 2.75) is 6.42 Å². The van der Waals surface area contributed by atoms with E-state index in [0.717, 1.165) is 6.42 Å². The predicted molar refractivity (Wildman–Crippen MR) is 24.7 cm³/mol. The molecule has 1 saturated heterocycles. The van der Waals surface area contributed by atoms with Crippen molar-refractivity contribution in [3.05, 3.63) is 0 Å². The molecule has 0 aromatic carbocycles. The van der Waals surface area contributed by atoms with Crippen molar-refractivity contribution in [2.24, 2.45) is 11.8 Å². The third-order valence-electron chi connectivity index (χ3n) is 1.71. The SMILES string of the molecule is O=C1NC(=O)[C@@H]2C[C@@H]12. The maximum atomic E-state index is 10.5. The molecule has 0 radical (unpaired) electrons. The summed E-state index contributed by atoms with van der Waals surface area (Å²) in [4.78, 5) is 21.0. The van der Waals surface area contributed by atoms with Gasteiger partial charge in [-0.2, -0.15) is 0 Å². The summed E-state index contributed by atoms with van der Waals surface area (Å²) in [5, 5.41) is 2.24. The second-order valence-corrected chi connectivity index (χ2v) is 2.30. The van der Waals surface area contributed by atoms with Gasteiger partial charge in [0.2, 0.25) is 11.8 Å². The van der Waals surface area contributed by atoms with Crippen LogP contribution in [-0.4, -0.2) is 11.8 Å². The van der Waals surface area contributed by atoms with Gasteiger partial charge in [-0.1, -0.05) is 0 Å². The van der Waals surface area contributed by atoms with Crippen LogP contribution in [0.15, 0.2) is 0 Å². The first-order chi connectivity index (χ1) is 3.79. The third kappa shape index (κ3) is 0.300. The quantitative estimate of drug-likeness (QED) is 0.419. The number of carbonyl (C=O) groups is 2. The van der Waals surface area contributed by atoms with E-state index in [2.05, 4.69) is 5.32 Å². The highest BCUT2D eigenvalue weighted by Crippen LogP contribution is 2.42. The van der Waals surface area contributed by atoms with Gasteiger partial charge in [-0.15, -0.1) is 0 Å². The summed E-state index contributed by atoms with van der Waals surface area (Å²) in [6.07, 6.45) is 0.796. The zero-order chi connectivity index (χ0) is 5.72. The number of rotatable bonds is 0. The van der Waals surface area contributed by atoms with Gasteiger partial charge in [-0.05, 0) is 6.42 Å². The van der Waals surface area contributed by atoms with Gasteiger partial charge in [0.25, 0.3) is 0 Å². The Morgan fingerprint density at radius 1 is 1.25 bits per heavy atom. The van der Waals surface area contributed by atoms with Crippen LogP contribution in [0.1, 0.15) is 6.42 Å². The molecule has 8 heavy (non-hydrogen) atoms. The molecule has 2 atom stereocenters. The zero-order valence-electron chi connectivity index (χ0n) is 4.18. The highest BCUT2D eigenvalue weighted by atomic mass is 16.2. The molecule has 2 amide bonds. The lowest BCUT2D eigenvalue weighted by Gasteiger charge is -1.88. The summed E-state index contributed by atoms with van der Waals surface area (Å²) < 4.78 is 0. The Bertz CT molecular complexity index is 157. The molecule has 2 rings (SSSR count). The molecule has 1 heterocycles. The Hall–Kier alpha value is -0.860. The fraction of sp³-hybridized carbons (Fsp3) is 0.600. The van der Waals surface area contributed by atoms with E-state index >= 15 is 0 Å². The van der Waals surface area contributed by atoms with Crippen LogP contribution in [0.3, 0.4) is 0 Å². The van der Waals surface area contributed by atoms with Crippen LogP contribution < -0.4 is 5.32 Å². The molecule has 42 valence electrons. The topological polar surface area (TPSA) is 46.2 Å². The van der Waals surface area contributed by atoms with Gasteiger partial charge in [-0.3, -0.25) is 14.9 Å². The Morgan fingerprint density at radius 2 is 1.75 bits per heavy atom. The summed E-state index contributed by atoms with van der Waals surface area (Å²) in [5.41, 5.74) is 0. The average molecular weight is 111 g/mol. The third-order valence-corrected chi connectivity index (χ3v) is 1.71. The number of carbonyl (C=O) groups excluding carboxylic acids is 2. The van der Waals surface area contributed by atoms with Crippen LogP contribution in [0.5, 0.6) is 0 Å². The number of hydrogen-bond acceptors (Lipinski definition) is 2. The minimum Gasteiger partial charge on any atom is -0.296 e. The van der Waals surface area contributed by atoms with E-state index in [1.165, 1.54) is 0 Å². The van der Waals surface area contributed by atoms with Gasteiger partial charge >= 0.3 is 0 Å². The Labute approximate surface area is 46.1 Å². The van der Waals surface area contributed by atoms with Crippen molar-refractivity contribution in [3.63, 3.8) is 0 Å². The molecule has 2 fully saturated rings. The largest absolute Gasteiger partial charge is 0.296 e. The summed E-state index contributed by atoms with van der Waals surface area (Å²) >= 11 is 0. The molecule has 1 saturated carbocycles. The second-order valence-electron chi connectivity index (χ2n) is 2.30. The van der Waals surface area contributed by atoms with Crippen LogP contribution in [0.2, 0.25) is 0 Å². The Balaban J connectivity index is 2.31. The van der Waals surface area contributed by atoms with E-state index in [1.54, 1.807) is 0 Å². The van der Waals surface area contributed by atoms with Crippen LogP contribution in [0.4, 0.5) is 0 Å². The molecule has 3 heteroatoms. The summed E-state index contributed by atoms with van der Waals surface area (Å²) in [7, 11) is 0. The number of imide groups is 1. The lowest BCUT2D eigenvalue weighted by Crippen LogP contribution is -2.24. The lowest BCUT2D eigenvalue weighted by molar-refractivity contribution is -0.127. The molecule has 1 N–H and O–H groups in total. The first kappa shape index (κ1) is 4.06. The van der Waals surface area contributed by atoms with Gasteiger partial charge in [0.1, 0.15) is 0 Å². The van der Waals surface area contributed by atoms with Crippen LogP contribution in [0, 0.1) is 11.8 Å². The molecule has 1 aliphatic heterocycles. The van der Waals surface area contributed by atoms with Crippen molar-refractivity contribution < 1.29 is 9.59 Å². The highest BCUT2D eigenvalue weighted by Gasteiger charge is 2.54.